The molecule has 0 spiro atoms. The predicted molar refractivity (Wildman–Crippen MR) is 137 cm³/mol. The first kappa shape index (κ1) is 21.2. The van der Waals surface area contributed by atoms with Gasteiger partial charge in [0, 0.05) is 44.9 Å². The number of anilines is 1. The first-order chi connectivity index (χ1) is 16.8. The highest BCUT2D eigenvalue weighted by molar-refractivity contribution is 6.31. The van der Waals surface area contributed by atoms with E-state index in [1.807, 2.05) is 31.2 Å². The van der Waals surface area contributed by atoms with Crippen molar-refractivity contribution in [3.8, 4) is 11.1 Å². The molecule has 0 atom stereocenters. The quantitative estimate of drug-likeness (QED) is 0.340. The minimum atomic E-state index is -0.611. The summed E-state index contributed by atoms with van der Waals surface area (Å²) in [5.41, 5.74) is 11.8. The maximum Gasteiger partial charge on any atom is 0.267 e. The third-order valence-electron chi connectivity index (χ3n) is 6.66. The van der Waals surface area contributed by atoms with E-state index in [9.17, 15) is 14.4 Å². The van der Waals surface area contributed by atoms with Crippen LogP contribution >= 0.6 is 11.6 Å². The van der Waals surface area contributed by atoms with Crippen LogP contribution in [0, 0.1) is 6.92 Å². The van der Waals surface area contributed by atoms with Crippen LogP contribution in [0.3, 0.4) is 0 Å². The van der Waals surface area contributed by atoms with Gasteiger partial charge in [0.25, 0.3) is 11.8 Å². The topological polar surface area (TPSA) is 112 Å². The molecule has 0 radical (unpaired) electrons. The molecular weight excluding hydrogens is 464 g/mol. The van der Waals surface area contributed by atoms with Crippen molar-refractivity contribution in [2.75, 3.05) is 4.90 Å². The van der Waals surface area contributed by atoms with Gasteiger partial charge in [0.15, 0.2) is 5.43 Å². The Morgan fingerprint density at radius 1 is 1.03 bits per heavy atom. The maximum atomic E-state index is 13.2. The highest BCUT2D eigenvalue weighted by atomic mass is 35.5. The van der Waals surface area contributed by atoms with Gasteiger partial charge in [-0.05, 0) is 53.9 Å². The molecular formula is C27H19ClN4O3. The number of nitrogens with one attached hydrogen (secondary N) is 2. The third kappa shape index (κ3) is 3.16. The summed E-state index contributed by atoms with van der Waals surface area (Å²) in [5.74, 6) is -0.710. The third-order valence-corrected chi connectivity index (χ3v) is 6.89. The van der Waals surface area contributed by atoms with Crippen LogP contribution in [0.15, 0.2) is 65.6 Å². The second-order valence-corrected chi connectivity index (χ2v) is 9.10. The number of hydrogen-bond acceptors (Lipinski definition) is 3. The lowest BCUT2D eigenvalue weighted by Crippen LogP contribution is -2.24. The van der Waals surface area contributed by atoms with Crippen molar-refractivity contribution in [3.63, 3.8) is 0 Å². The van der Waals surface area contributed by atoms with E-state index in [2.05, 4.69) is 9.97 Å². The van der Waals surface area contributed by atoms with E-state index >= 15 is 0 Å². The lowest BCUT2D eigenvalue weighted by Gasteiger charge is -2.21. The van der Waals surface area contributed by atoms with Crippen molar-refractivity contribution in [3.05, 3.63) is 98.4 Å². The molecule has 0 saturated heterocycles. The lowest BCUT2D eigenvalue weighted by molar-refractivity contribution is 0.0988. The van der Waals surface area contributed by atoms with Crippen LogP contribution in [0.1, 0.15) is 32.0 Å². The van der Waals surface area contributed by atoms with Gasteiger partial charge in [0.2, 0.25) is 0 Å². The summed E-state index contributed by atoms with van der Waals surface area (Å²) in [4.78, 5) is 45.3. The fourth-order valence-corrected chi connectivity index (χ4v) is 5.19. The Balaban J connectivity index is 1.57. The van der Waals surface area contributed by atoms with Crippen molar-refractivity contribution in [2.24, 2.45) is 5.73 Å². The molecule has 0 unspecified atom stereocenters. The van der Waals surface area contributed by atoms with Gasteiger partial charge in [-0.2, -0.15) is 0 Å². The van der Waals surface area contributed by atoms with Crippen LogP contribution in [-0.2, 0) is 6.54 Å². The van der Waals surface area contributed by atoms with Crippen molar-refractivity contribution in [1.29, 1.82) is 0 Å². The van der Waals surface area contributed by atoms with Gasteiger partial charge in [-0.25, -0.2) is 0 Å². The van der Waals surface area contributed by atoms with E-state index in [-0.39, 0.29) is 17.0 Å². The molecule has 1 aliphatic heterocycles. The fourth-order valence-electron chi connectivity index (χ4n) is 5.01. The van der Waals surface area contributed by atoms with Gasteiger partial charge in [-0.1, -0.05) is 29.8 Å². The summed E-state index contributed by atoms with van der Waals surface area (Å²) in [6.07, 6.45) is 1.74. The zero-order chi connectivity index (χ0) is 24.4. The number of nitrogens with zero attached hydrogens (tertiary/aromatic N) is 1. The van der Waals surface area contributed by atoms with Crippen LogP contribution in [-0.4, -0.2) is 21.8 Å². The first-order valence-electron chi connectivity index (χ1n) is 11.0. The van der Waals surface area contributed by atoms with Gasteiger partial charge in [-0.3, -0.25) is 14.4 Å². The van der Waals surface area contributed by atoms with E-state index in [4.69, 9.17) is 17.3 Å². The number of fused-ring (bicyclic) bond motifs is 4. The Bertz CT molecular complexity index is 1780. The molecule has 7 nitrogen and oxygen atoms in total. The largest absolute Gasteiger partial charge is 0.364 e. The SMILES string of the molecule is Cc1c(-c2c[nH]c(C(N)=O)c3[nH]c4cc(=O)ccc4c23)cccc1N1Cc2ccc(Cl)cc2C1=O. The number of halogens is 1. The number of primary amides is 1. The highest BCUT2D eigenvalue weighted by Gasteiger charge is 2.30. The molecule has 0 aliphatic carbocycles. The van der Waals surface area contributed by atoms with Crippen molar-refractivity contribution in [2.45, 2.75) is 13.5 Å². The fraction of sp³-hybridized carbons (Fsp3) is 0.0741. The zero-order valence-electron chi connectivity index (χ0n) is 18.6. The summed E-state index contributed by atoms with van der Waals surface area (Å²) in [7, 11) is 0. The summed E-state index contributed by atoms with van der Waals surface area (Å²) in [6.45, 7) is 2.42. The number of hydrogen-bond donors (Lipinski definition) is 3. The molecule has 0 saturated carbocycles. The smallest absolute Gasteiger partial charge is 0.267 e. The molecule has 3 aromatic carbocycles. The number of aromatic nitrogens is 2. The average Bonchev–Trinajstić information content (AvgIpc) is 3.36. The monoisotopic (exact) mass is 482 g/mol. The zero-order valence-corrected chi connectivity index (χ0v) is 19.4. The number of aromatic amines is 2. The van der Waals surface area contributed by atoms with Crippen LogP contribution < -0.4 is 16.1 Å². The molecule has 5 aromatic rings. The summed E-state index contributed by atoms with van der Waals surface area (Å²) < 4.78 is 0. The van der Waals surface area contributed by atoms with E-state index in [1.165, 1.54) is 12.1 Å². The number of carbonyl (C=O) groups excluding carboxylic acids is 2. The number of carbonyl (C=O) groups is 2. The number of H-pyrrole nitrogens is 2. The Morgan fingerprint density at radius 3 is 2.66 bits per heavy atom. The van der Waals surface area contributed by atoms with E-state index < -0.39 is 5.91 Å². The lowest BCUT2D eigenvalue weighted by atomic mass is 9.95. The standard InChI is InChI=1S/C27H19ClN4O3/c1-13-17(3-2-4-22(13)32-12-14-5-6-15(28)9-19(14)27(32)35)20-11-30-25(26(29)34)24-23(20)18-8-7-16(33)10-21(18)31-24/h2-11,30-31H,12H2,1H3,(H2,29,34). The van der Waals surface area contributed by atoms with Gasteiger partial charge in [-0.15, -0.1) is 0 Å². The minimum absolute atomic E-state index is 0.0985. The molecule has 35 heavy (non-hydrogen) atoms. The van der Waals surface area contributed by atoms with Gasteiger partial charge in [0.1, 0.15) is 5.69 Å². The normalized spacial score (nSPS) is 13.1. The second-order valence-electron chi connectivity index (χ2n) is 8.67. The Labute approximate surface area is 204 Å². The summed E-state index contributed by atoms with van der Waals surface area (Å²) >= 11 is 6.13. The minimum Gasteiger partial charge on any atom is -0.364 e. The Kier molecular flexibility index (Phi) is 4.59. The number of benzene rings is 3. The molecule has 1 aliphatic rings. The molecule has 8 heteroatoms. The number of rotatable bonds is 3. The predicted octanol–water partition coefficient (Wildman–Crippen LogP) is 4.90. The van der Waals surface area contributed by atoms with Crippen molar-refractivity contribution < 1.29 is 9.59 Å². The molecule has 0 fully saturated rings. The Morgan fingerprint density at radius 2 is 1.86 bits per heavy atom. The molecule has 6 rings (SSSR count). The highest BCUT2D eigenvalue weighted by Crippen LogP contribution is 2.40. The average molecular weight is 483 g/mol. The molecule has 2 amide bonds. The van der Waals surface area contributed by atoms with Gasteiger partial charge >= 0.3 is 0 Å². The molecule has 0 bridgehead atoms. The van der Waals surface area contributed by atoms with Gasteiger partial charge < -0.3 is 20.6 Å². The summed E-state index contributed by atoms with van der Waals surface area (Å²) in [6, 6.07) is 15.9. The molecule has 4 N–H and O–H groups in total. The van der Waals surface area contributed by atoms with Crippen LogP contribution in [0.25, 0.3) is 32.9 Å². The second kappa shape index (κ2) is 7.58. The van der Waals surface area contributed by atoms with Crippen molar-refractivity contribution in [1.82, 2.24) is 9.97 Å². The van der Waals surface area contributed by atoms with E-state index in [0.717, 1.165) is 38.7 Å². The van der Waals surface area contributed by atoms with Crippen LogP contribution in [0.2, 0.25) is 5.02 Å². The number of amides is 2. The van der Waals surface area contributed by atoms with E-state index in [1.54, 1.807) is 29.3 Å². The number of nitrogens with two attached hydrogens (primary N) is 1. The molecule has 3 heterocycles. The van der Waals surface area contributed by atoms with Crippen LogP contribution in [0.5, 0.6) is 0 Å². The summed E-state index contributed by atoms with van der Waals surface area (Å²) in [5, 5.41) is 2.10. The van der Waals surface area contributed by atoms with Crippen molar-refractivity contribution >= 4 is 50.9 Å². The van der Waals surface area contributed by atoms with Crippen LogP contribution in [0.4, 0.5) is 5.69 Å². The molecule has 2 aromatic heterocycles. The van der Waals surface area contributed by atoms with Gasteiger partial charge in [0.05, 0.1) is 17.6 Å². The Hall–Kier alpha value is -4.36. The van der Waals surface area contributed by atoms with E-state index in [0.29, 0.717) is 28.2 Å². The molecule has 172 valence electrons. The maximum absolute atomic E-state index is 13.2. The first-order valence-corrected chi connectivity index (χ1v) is 11.4. The number of pyridine rings is 1.